The molecule has 21 heavy (non-hydrogen) atoms. The van der Waals surface area contributed by atoms with Crippen LogP contribution in [-0.4, -0.2) is 22.2 Å². The first-order valence-corrected chi connectivity index (χ1v) is 5.83. The second-order valence-corrected chi connectivity index (χ2v) is 4.52. The molecule has 0 unspecified atom stereocenters. The Labute approximate surface area is 140 Å². The van der Waals surface area contributed by atoms with Crippen molar-refractivity contribution in [2.24, 2.45) is 0 Å². The van der Waals surface area contributed by atoms with Gasteiger partial charge in [-0.1, -0.05) is 0 Å². The zero-order valence-electron chi connectivity index (χ0n) is 11.7. The minimum absolute atomic E-state index is 0. The Morgan fingerprint density at radius 2 is 1.19 bits per heavy atom. The summed E-state index contributed by atoms with van der Waals surface area (Å²) in [7, 11) is 0. The van der Waals surface area contributed by atoms with Crippen LogP contribution in [0.2, 0.25) is 0 Å². The van der Waals surface area contributed by atoms with Crippen molar-refractivity contribution in [2.45, 2.75) is 13.8 Å². The fourth-order valence-electron chi connectivity index (χ4n) is 2.46. The first kappa shape index (κ1) is 15.6. The topological polar surface area (TPSA) is 101 Å². The van der Waals surface area contributed by atoms with Crippen molar-refractivity contribution < 1.29 is 58.2 Å². The summed E-state index contributed by atoms with van der Waals surface area (Å²) < 4.78 is 10.8. The summed E-state index contributed by atoms with van der Waals surface area (Å²) in [5.74, 6) is -1.65. The number of furan rings is 2. The van der Waals surface area contributed by atoms with Gasteiger partial charge in [-0.3, -0.25) is 0 Å². The summed E-state index contributed by atoms with van der Waals surface area (Å²) in [5, 5.41) is 19.2. The first-order valence-electron chi connectivity index (χ1n) is 5.83. The summed E-state index contributed by atoms with van der Waals surface area (Å²) in [6.45, 7) is 3.10. The Bertz CT molecular complexity index is 812. The molecule has 1 aromatic carbocycles. The summed E-state index contributed by atoms with van der Waals surface area (Å²) in [5.41, 5.74) is 0.784. The standard InChI is InChI=1S/C14H10O6.Na/c1-5-11(13(15)16)7-3-10-8(4-9(7)19-5)12(14(17)18)6(2)20-10;/h3-4H,1-2H3,(H,15,16)(H,17,18);/q;+1. The molecular weight excluding hydrogens is 287 g/mol. The van der Waals surface area contributed by atoms with Crippen molar-refractivity contribution in [3.8, 4) is 0 Å². The quantitative estimate of drug-likeness (QED) is 0.655. The van der Waals surface area contributed by atoms with Crippen LogP contribution in [-0.2, 0) is 0 Å². The van der Waals surface area contributed by atoms with E-state index in [-0.39, 0.29) is 52.2 Å². The molecule has 3 rings (SSSR count). The molecule has 0 fully saturated rings. The van der Waals surface area contributed by atoms with Crippen LogP contribution in [0.15, 0.2) is 21.0 Å². The molecule has 2 aromatic heterocycles. The molecule has 0 amide bonds. The Hall–Kier alpha value is -1.76. The summed E-state index contributed by atoms with van der Waals surface area (Å²) in [6, 6.07) is 3.01. The third-order valence-electron chi connectivity index (χ3n) is 3.28. The van der Waals surface area contributed by atoms with Crippen LogP contribution in [0.4, 0.5) is 0 Å². The minimum atomic E-state index is -1.10. The van der Waals surface area contributed by atoms with Gasteiger partial charge in [0.25, 0.3) is 0 Å². The first-order chi connectivity index (χ1) is 9.40. The largest absolute Gasteiger partial charge is 1.00 e. The van der Waals surface area contributed by atoms with Crippen molar-refractivity contribution in [1.29, 1.82) is 0 Å². The number of aromatic carboxylic acids is 2. The number of hydrogen-bond donors (Lipinski definition) is 2. The van der Waals surface area contributed by atoms with Gasteiger partial charge in [0.2, 0.25) is 0 Å². The van der Waals surface area contributed by atoms with Crippen LogP contribution in [0.3, 0.4) is 0 Å². The van der Waals surface area contributed by atoms with E-state index in [2.05, 4.69) is 0 Å². The Morgan fingerprint density at radius 3 is 1.48 bits per heavy atom. The van der Waals surface area contributed by atoms with Crippen LogP contribution in [0, 0.1) is 13.8 Å². The van der Waals surface area contributed by atoms with Gasteiger partial charge in [-0.25, -0.2) is 9.59 Å². The van der Waals surface area contributed by atoms with Gasteiger partial charge in [0.05, 0.1) is 0 Å². The van der Waals surface area contributed by atoms with Gasteiger partial charge in [0, 0.05) is 10.8 Å². The van der Waals surface area contributed by atoms with Crippen LogP contribution in [0.5, 0.6) is 0 Å². The maximum atomic E-state index is 11.2. The second kappa shape index (κ2) is 5.22. The predicted molar refractivity (Wildman–Crippen MR) is 69.4 cm³/mol. The van der Waals surface area contributed by atoms with E-state index >= 15 is 0 Å². The van der Waals surface area contributed by atoms with E-state index in [0.29, 0.717) is 21.9 Å². The van der Waals surface area contributed by atoms with E-state index in [1.54, 1.807) is 13.8 Å². The van der Waals surface area contributed by atoms with E-state index in [4.69, 9.17) is 8.83 Å². The summed E-state index contributed by atoms with van der Waals surface area (Å²) >= 11 is 0. The molecule has 0 aliphatic carbocycles. The van der Waals surface area contributed by atoms with Crippen molar-refractivity contribution >= 4 is 33.9 Å². The van der Waals surface area contributed by atoms with Crippen LogP contribution < -0.4 is 29.6 Å². The third-order valence-corrected chi connectivity index (χ3v) is 3.28. The van der Waals surface area contributed by atoms with Gasteiger partial charge in [-0.2, -0.15) is 0 Å². The molecule has 0 saturated carbocycles. The number of carboxylic acids is 2. The maximum absolute atomic E-state index is 11.2. The molecule has 0 atom stereocenters. The number of fused-ring (bicyclic) bond motifs is 2. The van der Waals surface area contributed by atoms with Gasteiger partial charge in [-0.15, -0.1) is 0 Å². The van der Waals surface area contributed by atoms with E-state index in [0.717, 1.165) is 0 Å². The zero-order valence-corrected chi connectivity index (χ0v) is 13.7. The number of rotatable bonds is 2. The van der Waals surface area contributed by atoms with Crippen LogP contribution >= 0.6 is 0 Å². The molecule has 0 bridgehead atoms. The van der Waals surface area contributed by atoms with Crippen molar-refractivity contribution in [2.75, 3.05) is 0 Å². The molecule has 102 valence electrons. The third kappa shape index (κ3) is 2.25. The number of aryl methyl sites for hydroxylation is 2. The average molecular weight is 297 g/mol. The molecule has 0 radical (unpaired) electrons. The molecule has 2 N–H and O–H groups in total. The van der Waals surface area contributed by atoms with E-state index in [1.165, 1.54) is 12.1 Å². The molecule has 6 nitrogen and oxygen atoms in total. The van der Waals surface area contributed by atoms with Crippen LogP contribution in [0.1, 0.15) is 32.2 Å². The van der Waals surface area contributed by atoms with Gasteiger partial charge < -0.3 is 19.0 Å². The summed E-state index contributed by atoms with van der Waals surface area (Å²) in [4.78, 5) is 22.5. The number of hydrogen-bond acceptors (Lipinski definition) is 4. The monoisotopic (exact) mass is 297 g/mol. The molecule has 2 heterocycles. The summed E-state index contributed by atoms with van der Waals surface area (Å²) in [6.07, 6.45) is 0. The van der Waals surface area contributed by atoms with E-state index in [1.807, 2.05) is 0 Å². The minimum Gasteiger partial charge on any atom is -0.478 e. The molecule has 0 spiro atoms. The smallest absolute Gasteiger partial charge is 0.478 e. The fraction of sp³-hybridized carbons (Fsp3) is 0.143. The number of carboxylic acid groups (broad SMARTS) is 2. The number of benzene rings is 1. The number of carbonyl (C=O) groups is 2. The molecular formula is C14H10NaO6+. The maximum Gasteiger partial charge on any atom is 1.00 e. The van der Waals surface area contributed by atoms with Gasteiger partial charge in [-0.05, 0) is 26.0 Å². The molecule has 0 aliphatic rings. The Morgan fingerprint density at radius 1 is 0.857 bits per heavy atom. The van der Waals surface area contributed by atoms with Gasteiger partial charge in [0.15, 0.2) is 0 Å². The Kier molecular flexibility index (Phi) is 3.88. The molecule has 0 aliphatic heterocycles. The fourth-order valence-corrected chi connectivity index (χ4v) is 2.46. The van der Waals surface area contributed by atoms with Gasteiger partial charge in [0.1, 0.15) is 33.8 Å². The van der Waals surface area contributed by atoms with Crippen LogP contribution in [0.25, 0.3) is 21.9 Å². The van der Waals surface area contributed by atoms with Gasteiger partial charge >= 0.3 is 41.5 Å². The van der Waals surface area contributed by atoms with Crippen molar-refractivity contribution in [3.05, 3.63) is 34.8 Å². The molecule has 0 saturated heterocycles. The second-order valence-electron chi connectivity index (χ2n) is 4.52. The molecule has 3 aromatic rings. The van der Waals surface area contributed by atoms with Crippen molar-refractivity contribution in [3.63, 3.8) is 0 Å². The van der Waals surface area contributed by atoms with E-state index in [9.17, 15) is 19.8 Å². The molecule has 7 heteroatoms. The Balaban J connectivity index is 0.00000161. The zero-order chi connectivity index (χ0) is 14.6. The SMILES string of the molecule is Cc1oc2cc3c(C(=O)O)c(C)oc3cc2c1C(=O)O.[Na+]. The average Bonchev–Trinajstić information content (AvgIpc) is 2.79. The normalized spacial score (nSPS) is 10.8. The predicted octanol–water partition coefficient (Wildman–Crippen LogP) is 0.196. The van der Waals surface area contributed by atoms with E-state index < -0.39 is 11.9 Å². The van der Waals surface area contributed by atoms with Crippen molar-refractivity contribution in [1.82, 2.24) is 0 Å².